The third-order valence-corrected chi connectivity index (χ3v) is 5.16. The van der Waals surface area contributed by atoms with E-state index in [1.165, 1.54) is 12.8 Å². The van der Waals surface area contributed by atoms with Crippen LogP contribution >= 0.6 is 0 Å². The Morgan fingerprint density at radius 1 is 1.24 bits per heavy atom. The van der Waals surface area contributed by atoms with Crippen molar-refractivity contribution in [3.05, 3.63) is 0 Å². The summed E-state index contributed by atoms with van der Waals surface area (Å²) in [4.78, 5) is 14.1. The maximum atomic E-state index is 12.1. The summed E-state index contributed by atoms with van der Waals surface area (Å²) in [5.74, 6) is 1.92. The number of fused-ring (bicyclic) bond motifs is 5. The molecular weight excluding hydrogens is 216 g/mol. The molecule has 0 spiro atoms. The number of rotatable bonds is 1. The summed E-state index contributed by atoms with van der Waals surface area (Å²) in [6.07, 6.45) is 4.47. The van der Waals surface area contributed by atoms with Crippen molar-refractivity contribution in [2.75, 3.05) is 13.1 Å². The van der Waals surface area contributed by atoms with Gasteiger partial charge in [-0.3, -0.25) is 0 Å². The molecule has 94 valence electrons. The van der Waals surface area contributed by atoms with Crippen LogP contribution in [0.25, 0.3) is 0 Å². The second-order valence-corrected chi connectivity index (χ2v) is 6.29. The maximum Gasteiger partial charge on any atom is 0.317 e. The number of carbonyl (C=O) groups is 1. The van der Waals surface area contributed by atoms with E-state index in [9.17, 15) is 4.79 Å². The molecule has 2 bridgehead atoms. The van der Waals surface area contributed by atoms with Gasteiger partial charge in [-0.25, -0.2) is 4.79 Å². The van der Waals surface area contributed by atoms with Crippen LogP contribution in [0.15, 0.2) is 0 Å². The molecule has 4 rings (SSSR count). The minimum absolute atomic E-state index is 0.160. The van der Waals surface area contributed by atoms with E-state index in [1.54, 1.807) is 0 Å². The molecule has 4 aliphatic rings. The van der Waals surface area contributed by atoms with Gasteiger partial charge in [-0.2, -0.15) is 0 Å². The molecule has 4 nitrogen and oxygen atoms in total. The molecule has 0 unspecified atom stereocenters. The van der Waals surface area contributed by atoms with Crippen molar-refractivity contribution < 1.29 is 9.53 Å². The number of carbonyl (C=O) groups excluding carboxylic acids is 1. The topological polar surface area (TPSA) is 41.6 Å². The van der Waals surface area contributed by atoms with E-state index in [4.69, 9.17) is 4.74 Å². The maximum absolute atomic E-state index is 12.1. The van der Waals surface area contributed by atoms with E-state index in [0.717, 1.165) is 19.5 Å². The van der Waals surface area contributed by atoms with Crippen LogP contribution in [-0.2, 0) is 4.74 Å². The zero-order chi connectivity index (χ0) is 11.6. The first kappa shape index (κ1) is 10.2. The lowest BCUT2D eigenvalue weighted by Crippen LogP contribution is -2.41. The van der Waals surface area contributed by atoms with Gasteiger partial charge in [0.1, 0.15) is 0 Å². The Labute approximate surface area is 102 Å². The lowest BCUT2D eigenvalue weighted by Gasteiger charge is -2.19. The van der Waals surface area contributed by atoms with Gasteiger partial charge in [0.15, 0.2) is 0 Å². The minimum atomic E-state index is 0.160. The second kappa shape index (κ2) is 3.37. The van der Waals surface area contributed by atoms with E-state index < -0.39 is 0 Å². The highest BCUT2D eigenvalue weighted by atomic mass is 16.5. The van der Waals surface area contributed by atoms with Gasteiger partial charge in [0.2, 0.25) is 0 Å². The zero-order valence-electron chi connectivity index (χ0n) is 10.3. The average molecular weight is 236 g/mol. The van der Waals surface area contributed by atoms with Crippen LogP contribution < -0.4 is 5.32 Å². The third kappa shape index (κ3) is 1.49. The molecule has 0 aromatic carbocycles. The molecule has 3 heterocycles. The Kier molecular flexibility index (Phi) is 2.02. The van der Waals surface area contributed by atoms with E-state index in [0.29, 0.717) is 36.0 Å². The summed E-state index contributed by atoms with van der Waals surface area (Å²) in [5, 5.41) is 3.13. The summed E-state index contributed by atoms with van der Waals surface area (Å²) in [7, 11) is 0. The Morgan fingerprint density at radius 3 is 2.35 bits per heavy atom. The summed E-state index contributed by atoms with van der Waals surface area (Å²) in [6, 6.07) is 0.601. The Hall–Kier alpha value is -0.770. The largest absolute Gasteiger partial charge is 0.374 e. The van der Waals surface area contributed by atoms with Crippen molar-refractivity contribution >= 4 is 6.03 Å². The predicted octanol–water partition coefficient (Wildman–Crippen LogP) is 1.21. The highest BCUT2D eigenvalue weighted by Gasteiger charge is 2.54. The lowest BCUT2D eigenvalue weighted by atomic mass is 9.82. The number of ether oxygens (including phenoxy) is 1. The lowest BCUT2D eigenvalue weighted by molar-refractivity contribution is 0.0738. The smallest absolute Gasteiger partial charge is 0.317 e. The molecule has 3 aliphatic heterocycles. The molecule has 1 aliphatic carbocycles. The van der Waals surface area contributed by atoms with Crippen molar-refractivity contribution in [2.45, 2.75) is 44.4 Å². The molecule has 1 saturated carbocycles. The van der Waals surface area contributed by atoms with Crippen LogP contribution in [0.1, 0.15) is 26.2 Å². The average Bonchev–Trinajstić information content (AvgIpc) is 2.83. The highest BCUT2D eigenvalue weighted by Crippen LogP contribution is 2.47. The van der Waals surface area contributed by atoms with E-state index >= 15 is 0 Å². The van der Waals surface area contributed by atoms with E-state index in [1.807, 2.05) is 4.90 Å². The highest BCUT2D eigenvalue weighted by molar-refractivity contribution is 5.75. The van der Waals surface area contributed by atoms with Crippen LogP contribution in [0.4, 0.5) is 4.79 Å². The van der Waals surface area contributed by atoms with Gasteiger partial charge < -0.3 is 15.0 Å². The van der Waals surface area contributed by atoms with Crippen LogP contribution in [0, 0.1) is 17.8 Å². The van der Waals surface area contributed by atoms with Crippen molar-refractivity contribution in [1.29, 1.82) is 0 Å². The monoisotopic (exact) mass is 236 g/mol. The number of likely N-dealkylation sites (tertiary alicyclic amines) is 1. The fraction of sp³-hybridized carbons (Fsp3) is 0.923. The SMILES string of the molecule is C[C@@H]1C[C@@H]1NC(=O)N1C[C@H]2[C@H](C1)[C@H]1CC[C@H]2O1. The fourth-order valence-corrected chi connectivity index (χ4v) is 3.90. The Balaban J connectivity index is 1.40. The second-order valence-electron chi connectivity index (χ2n) is 6.29. The number of hydrogen-bond acceptors (Lipinski definition) is 2. The first-order chi connectivity index (χ1) is 8.22. The van der Waals surface area contributed by atoms with Gasteiger partial charge in [-0.1, -0.05) is 6.92 Å². The van der Waals surface area contributed by atoms with Crippen molar-refractivity contribution in [3.8, 4) is 0 Å². The number of amides is 2. The predicted molar refractivity (Wildman–Crippen MR) is 62.5 cm³/mol. The Morgan fingerprint density at radius 2 is 1.82 bits per heavy atom. The number of nitrogens with one attached hydrogen (secondary N) is 1. The standard InChI is InChI=1S/C13H20N2O2/c1-7-4-10(7)14-13(16)15-5-8-9(6-15)12-3-2-11(8)17-12/h7-12H,2-6H2,1H3,(H,14,16)/t7-,8+,9+,10+,11-,12-/m1/s1. The van der Waals surface area contributed by atoms with Gasteiger partial charge in [0, 0.05) is 31.0 Å². The van der Waals surface area contributed by atoms with Gasteiger partial charge in [-0.15, -0.1) is 0 Å². The minimum Gasteiger partial charge on any atom is -0.374 e. The fourth-order valence-electron chi connectivity index (χ4n) is 3.90. The Bertz CT molecular complexity index is 341. The molecule has 4 fully saturated rings. The van der Waals surface area contributed by atoms with Crippen LogP contribution in [-0.4, -0.2) is 42.3 Å². The molecule has 3 saturated heterocycles. The zero-order valence-corrected chi connectivity index (χ0v) is 10.3. The number of nitrogens with zero attached hydrogens (tertiary/aromatic N) is 1. The van der Waals surface area contributed by atoms with Gasteiger partial charge in [-0.05, 0) is 25.2 Å². The quantitative estimate of drug-likeness (QED) is 0.743. The van der Waals surface area contributed by atoms with Gasteiger partial charge in [0.25, 0.3) is 0 Å². The molecule has 0 radical (unpaired) electrons. The molecule has 2 amide bonds. The molecule has 6 atom stereocenters. The molecule has 1 N–H and O–H groups in total. The van der Waals surface area contributed by atoms with Gasteiger partial charge >= 0.3 is 6.03 Å². The molecular formula is C13H20N2O2. The van der Waals surface area contributed by atoms with E-state index in [-0.39, 0.29) is 6.03 Å². The summed E-state index contributed by atoms with van der Waals surface area (Å²) in [5.41, 5.74) is 0. The number of hydrogen-bond donors (Lipinski definition) is 1. The molecule has 0 aromatic rings. The third-order valence-electron chi connectivity index (χ3n) is 5.16. The summed E-state index contributed by atoms with van der Waals surface area (Å²) >= 11 is 0. The summed E-state index contributed by atoms with van der Waals surface area (Å²) < 4.78 is 5.92. The normalized spacial score (nSPS) is 50.5. The van der Waals surface area contributed by atoms with Crippen LogP contribution in [0.3, 0.4) is 0 Å². The molecule has 17 heavy (non-hydrogen) atoms. The van der Waals surface area contributed by atoms with Crippen molar-refractivity contribution in [3.63, 3.8) is 0 Å². The van der Waals surface area contributed by atoms with E-state index in [2.05, 4.69) is 12.2 Å². The summed E-state index contributed by atoms with van der Waals surface area (Å²) in [6.45, 7) is 4.02. The van der Waals surface area contributed by atoms with Gasteiger partial charge in [0.05, 0.1) is 12.2 Å². The first-order valence-electron chi connectivity index (χ1n) is 6.93. The molecule has 0 aromatic heterocycles. The van der Waals surface area contributed by atoms with Crippen molar-refractivity contribution in [2.24, 2.45) is 17.8 Å². The van der Waals surface area contributed by atoms with Crippen LogP contribution in [0.5, 0.6) is 0 Å². The molecule has 4 heteroatoms. The first-order valence-corrected chi connectivity index (χ1v) is 6.93. The number of urea groups is 1. The van der Waals surface area contributed by atoms with Crippen molar-refractivity contribution in [1.82, 2.24) is 10.2 Å². The van der Waals surface area contributed by atoms with Crippen LogP contribution in [0.2, 0.25) is 0 Å².